The molecule has 0 bridgehead atoms. The lowest BCUT2D eigenvalue weighted by Gasteiger charge is -2.16. The number of anilines is 1. The second-order valence-electron chi connectivity index (χ2n) is 6.09. The Morgan fingerprint density at radius 3 is 2.39 bits per heavy atom. The molecule has 0 aromatic heterocycles. The Bertz CT molecular complexity index is 935. The third kappa shape index (κ3) is 5.66. The van der Waals surface area contributed by atoms with Gasteiger partial charge < -0.3 is 14.8 Å². The molecule has 0 spiro atoms. The molecule has 6 heteroatoms. The van der Waals surface area contributed by atoms with Gasteiger partial charge in [0.25, 0.3) is 0 Å². The van der Waals surface area contributed by atoms with Crippen molar-refractivity contribution in [3.05, 3.63) is 85.8 Å². The molecule has 0 saturated heterocycles. The molecule has 0 radical (unpaired) electrons. The highest BCUT2D eigenvalue weighted by atomic mass is 79.9. The molecule has 0 saturated carbocycles. The van der Waals surface area contributed by atoms with E-state index in [0.29, 0.717) is 30.5 Å². The van der Waals surface area contributed by atoms with Gasteiger partial charge in [-0.25, -0.2) is 0 Å². The molecule has 0 aliphatic heterocycles. The summed E-state index contributed by atoms with van der Waals surface area (Å²) in [6.07, 6.45) is 0. The minimum Gasteiger partial charge on any atom is -0.490 e. The van der Waals surface area contributed by atoms with Crippen LogP contribution in [0.25, 0.3) is 0 Å². The van der Waals surface area contributed by atoms with Gasteiger partial charge in [0.1, 0.15) is 6.61 Å². The fraction of sp³-hybridized carbons (Fsp3) is 0.182. The SMILES string of the molecule is CCOc1cc(CNc2ccc(Br)c(Cl)c2)cc(Br)c1OCc1ccccc1. The predicted octanol–water partition coefficient (Wildman–Crippen LogP) is 7.45. The predicted molar refractivity (Wildman–Crippen MR) is 123 cm³/mol. The van der Waals surface area contributed by atoms with Crippen molar-refractivity contribution in [3.63, 3.8) is 0 Å². The number of hydrogen-bond acceptors (Lipinski definition) is 3. The first kappa shape index (κ1) is 21.0. The Morgan fingerprint density at radius 1 is 0.893 bits per heavy atom. The standard InChI is InChI=1S/C22H20Br2ClNO2/c1-2-27-21-11-16(13-26-17-8-9-18(23)20(25)12-17)10-19(24)22(21)28-14-15-6-4-3-5-7-15/h3-12,26H,2,13-14H2,1H3. The lowest BCUT2D eigenvalue weighted by molar-refractivity contribution is 0.267. The smallest absolute Gasteiger partial charge is 0.175 e. The van der Waals surface area contributed by atoms with E-state index in [2.05, 4.69) is 37.2 Å². The van der Waals surface area contributed by atoms with Gasteiger partial charge in [-0.15, -0.1) is 0 Å². The van der Waals surface area contributed by atoms with Gasteiger partial charge in [0, 0.05) is 16.7 Å². The molecular weight excluding hydrogens is 506 g/mol. The van der Waals surface area contributed by atoms with E-state index in [1.54, 1.807) is 0 Å². The summed E-state index contributed by atoms with van der Waals surface area (Å²) in [7, 11) is 0. The van der Waals surface area contributed by atoms with E-state index >= 15 is 0 Å². The van der Waals surface area contributed by atoms with Gasteiger partial charge >= 0.3 is 0 Å². The van der Waals surface area contributed by atoms with Crippen LogP contribution in [-0.2, 0) is 13.2 Å². The minimum absolute atomic E-state index is 0.481. The summed E-state index contributed by atoms with van der Waals surface area (Å²) in [6, 6.07) is 19.9. The van der Waals surface area contributed by atoms with Crippen LogP contribution < -0.4 is 14.8 Å². The van der Waals surface area contributed by atoms with E-state index in [1.165, 1.54) is 0 Å². The highest BCUT2D eigenvalue weighted by molar-refractivity contribution is 9.10. The number of halogens is 3. The van der Waals surface area contributed by atoms with Crippen molar-refractivity contribution in [3.8, 4) is 11.5 Å². The van der Waals surface area contributed by atoms with Crippen LogP contribution in [-0.4, -0.2) is 6.61 Å². The first-order valence-electron chi connectivity index (χ1n) is 8.87. The quantitative estimate of drug-likeness (QED) is 0.331. The van der Waals surface area contributed by atoms with Gasteiger partial charge in [0.2, 0.25) is 0 Å². The zero-order valence-corrected chi connectivity index (χ0v) is 19.3. The van der Waals surface area contributed by atoms with Gasteiger partial charge in [-0.2, -0.15) is 0 Å². The highest BCUT2D eigenvalue weighted by Crippen LogP contribution is 2.38. The molecule has 0 heterocycles. The largest absolute Gasteiger partial charge is 0.490 e. The molecule has 0 fully saturated rings. The van der Waals surface area contributed by atoms with E-state index in [4.69, 9.17) is 21.1 Å². The Kier molecular flexibility index (Phi) is 7.65. The first-order chi connectivity index (χ1) is 13.6. The second-order valence-corrected chi connectivity index (χ2v) is 8.21. The van der Waals surface area contributed by atoms with Gasteiger partial charge in [0.05, 0.1) is 16.1 Å². The summed E-state index contributed by atoms with van der Waals surface area (Å²) in [6.45, 7) is 3.64. The lowest BCUT2D eigenvalue weighted by Crippen LogP contribution is -2.04. The van der Waals surface area contributed by atoms with Crippen LogP contribution in [0.1, 0.15) is 18.1 Å². The van der Waals surface area contributed by atoms with Crippen LogP contribution >= 0.6 is 43.5 Å². The lowest BCUT2D eigenvalue weighted by atomic mass is 10.2. The first-order valence-corrected chi connectivity index (χ1v) is 10.8. The van der Waals surface area contributed by atoms with Crippen molar-refractivity contribution >= 4 is 49.1 Å². The van der Waals surface area contributed by atoms with Crippen molar-refractivity contribution in [2.75, 3.05) is 11.9 Å². The van der Waals surface area contributed by atoms with Crippen LogP contribution in [0.4, 0.5) is 5.69 Å². The molecular formula is C22H20Br2ClNO2. The van der Waals surface area contributed by atoms with Crippen LogP contribution in [0, 0.1) is 0 Å². The van der Waals surface area contributed by atoms with Crippen molar-refractivity contribution in [2.45, 2.75) is 20.1 Å². The maximum atomic E-state index is 6.16. The summed E-state index contributed by atoms with van der Waals surface area (Å²) in [5.74, 6) is 1.43. The molecule has 3 aromatic rings. The van der Waals surface area contributed by atoms with Crippen LogP contribution in [0.5, 0.6) is 11.5 Å². The van der Waals surface area contributed by atoms with Crippen molar-refractivity contribution in [1.29, 1.82) is 0 Å². The molecule has 0 aliphatic carbocycles. The fourth-order valence-corrected chi connectivity index (χ4v) is 3.70. The average Bonchev–Trinajstić information content (AvgIpc) is 2.69. The Morgan fingerprint density at radius 2 is 1.68 bits per heavy atom. The molecule has 3 nitrogen and oxygen atoms in total. The molecule has 28 heavy (non-hydrogen) atoms. The number of benzene rings is 3. The average molecular weight is 526 g/mol. The third-order valence-corrected chi connectivity index (χ3v) is 5.83. The maximum absolute atomic E-state index is 6.16. The number of nitrogens with one attached hydrogen (secondary N) is 1. The van der Waals surface area contributed by atoms with Gasteiger partial charge in [0.15, 0.2) is 11.5 Å². The van der Waals surface area contributed by atoms with Gasteiger partial charge in [-0.3, -0.25) is 0 Å². The minimum atomic E-state index is 0.481. The summed E-state index contributed by atoms with van der Waals surface area (Å²) in [5.41, 5.74) is 3.13. The molecule has 0 atom stereocenters. The van der Waals surface area contributed by atoms with E-state index < -0.39 is 0 Å². The normalized spacial score (nSPS) is 10.6. The van der Waals surface area contributed by atoms with E-state index in [-0.39, 0.29) is 0 Å². The Hall–Kier alpha value is -1.69. The van der Waals surface area contributed by atoms with Gasteiger partial charge in [-0.1, -0.05) is 41.9 Å². The molecule has 3 aromatic carbocycles. The van der Waals surface area contributed by atoms with E-state index in [9.17, 15) is 0 Å². The number of ether oxygens (including phenoxy) is 2. The summed E-state index contributed by atoms with van der Waals surface area (Å²) in [4.78, 5) is 0. The zero-order chi connectivity index (χ0) is 19.9. The monoisotopic (exact) mass is 523 g/mol. The Balaban J connectivity index is 1.74. The highest BCUT2D eigenvalue weighted by Gasteiger charge is 2.13. The van der Waals surface area contributed by atoms with Crippen LogP contribution in [0.3, 0.4) is 0 Å². The Labute approximate surface area is 187 Å². The molecule has 0 aliphatic rings. The molecule has 146 valence electrons. The van der Waals surface area contributed by atoms with E-state index in [0.717, 1.165) is 31.5 Å². The summed E-state index contributed by atoms with van der Waals surface area (Å²) < 4.78 is 13.6. The number of hydrogen-bond donors (Lipinski definition) is 1. The van der Waals surface area contributed by atoms with Crippen LogP contribution in [0.2, 0.25) is 5.02 Å². The summed E-state index contributed by atoms with van der Waals surface area (Å²) in [5, 5.41) is 4.05. The third-order valence-electron chi connectivity index (χ3n) is 4.01. The molecule has 1 N–H and O–H groups in total. The number of rotatable bonds is 8. The van der Waals surface area contributed by atoms with Crippen molar-refractivity contribution < 1.29 is 9.47 Å². The fourth-order valence-electron chi connectivity index (χ4n) is 2.67. The molecule has 3 rings (SSSR count). The topological polar surface area (TPSA) is 30.5 Å². The zero-order valence-electron chi connectivity index (χ0n) is 15.3. The van der Waals surface area contributed by atoms with E-state index in [1.807, 2.05) is 67.6 Å². The second kappa shape index (κ2) is 10.2. The molecule has 0 unspecified atom stereocenters. The summed E-state index contributed by atoms with van der Waals surface area (Å²) >= 11 is 13.2. The van der Waals surface area contributed by atoms with Crippen molar-refractivity contribution in [1.82, 2.24) is 0 Å². The van der Waals surface area contributed by atoms with Gasteiger partial charge in [-0.05, 0) is 80.2 Å². The molecule has 0 amide bonds. The van der Waals surface area contributed by atoms with Crippen LogP contribution in [0.15, 0.2) is 69.6 Å². The van der Waals surface area contributed by atoms with Crippen molar-refractivity contribution in [2.24, 2.45) is 0 Å². The maximum Gasteiger partial charge on any atom is 0.175 e.